The number of nitrogens with zero attached hydrogens (tertiary/aromatic N) is 4. The summed E-state index contributed by atoms with van der Waals surface area (Å²) in [7, 11) is 0. The van der Waals surface area contributed by atoms with E-state index >= 15 is 0 Å². The number of carbonyl (C=O) groups is 1. The molecule has 0 aliphatic carbocycles. The van der Waals surface area contributed by atoms with Gasteiger partial charge in [0, 0.05) is 45.0 Å². The summed E-state index contributed by atoms with van der Waals surface area (Å²) in [5.74, 6) is 0.951. The fraction of sp³-hybridized carbons (Fsp3) is 0.667. The average Bonchev–Trinajstić information content (AvgIpc) is 2.68. The third-order valence-corrected chi connectivity index (χ3v) is 5.45. The van der Waals surface area contributed by atoms with Crippen LogP contribution in [0.25, 0.3) is 0 Å². The molecule has 0 saturated carbocycles. The standard InChI is InChI=1S/C18H26N4O2/c23-18(22-9-8-20-7-2-1-4-15(20)14-22)16-5-3-6-19-17(16)21-10-12-24-13-11-21/h3,5-6,15H,1-2,4,7-14H2. The van der Waals surface area contributed by atoms with Crippen LogP contribution in [0.4, 0.5) is 5.82 Å². The van der Waals surface area contributed by atoms with E-state index in [1.54, 1.807) is 6.20 Å². The van der Waals surface area contributed by atoms with Crippen LogP contribution in [0.1, 0.15) is 29.6 Å². The van der Waals surface area contributed by atoms with Gasteiger partial charge >= 0.3 is 0 Å². The lowest BCUT2D eigenvalue weighted by Crippen LogP contribution is -2.56. The highest BCUT2D eigenvalue weighted by Gasteiger charge is 2.32. The van der Waals surface area contributed by atoms with Gasteiger partial charge in [-0.05, 0) is 31.5 Å². The second-order valence-corrected chi connectivity index (χ2v) is 6.91. The summed E-state index contributed by atoms with van der Waals surface area (Å²) in [6, 6.07) is 4.33. The van der Waals surface area contributed by atoms with Crippen LogP contribution in [0.5, 0.6) is 0 Å². The van der Waals surface area contributed by atoms with E-state index in [0.717, 1.165) is 44.1 Å². The zero-order valence-corrected chi connectivity index (χ0v) is 14.2. The molecule has 1 amide bonds. The average molecular weight is 330 g/mol. The van der Waals surface area contributed by atoms with Gasteiger partial charge in [0.1, 0.15) is 5.82 Å². The summed E-state index contributed by atoms with van der Waals surface area (Å²) in [6.07, 6.45) is 5.58. The fourth-order valence-corrected chi connectivity index (χ4v) is 4.10. The molecule has 3 aliphatic heterocycles. The molecule has 3 aliphatic rings. The minimum atomic E-state index is 0.134. The molecule has 0 spiro atoms. The molecule has 1 atom stereocenters. The normalized spacial score (nSPS) is 25.4. The lowest BCUT2D eigenvalue weighted by Gasteiger charge is -2.44. The number of amides is 1. The van der Waals surface area contributed by atoms with Crippen molar-refractivity contribution in [2.45, 2.75) is 25.3 Å². The van der Waals surface area contributed by atoms with Crippen molar-refractivity contribution in [3.63, 3.8) is 0 Å². The maximum Gasteiger partial charge on any atom is 0.257 e. The molecule has 3 fully saturated rings. The molecule has 4 rings (SSSR count). The molecule has 1 aromatic rings. The molecule has 0 bridgehead atoms. The van der Waals surface area contributed by atoms with Crippen molar-refractivity contribution in [1.29, 1.82) is 0 Å². The van der Waals surface area contributed by atoms with E-state index in [0.29, 0.717) is 19.3 Å². The number of pyridine rings is 1. The number of carbonyl (C=O) groups excluding carboxylic acids is 1. The van der Waals surface area contributed by atoms with E-state index in [9.17, 15) is 4.79 Å². The molecule has 130 valence electrons. The maximum atomic E-state index is 13.1. The number of piperazine rings is 1. The van der Waals surface area contributed by atoms with Gasteiger partial charge in [0.15, 0.2) is 0 Å². The van der Waals surface area contributed by atoms with Crippen molar-refractivity contribution in [2.75, 3.05) is 57.4 Å². The molecule has 0 N–H and O–H groups in total. The Kier molecular flexibility index (Phi) is 4.67. The summed E-state index contributed by atoms with van der Waals surface area (Å²) in [6.45, 7) is 6.88. The van der Waals surface area contributed by atoms with Crippen LogP contribution in [0.15, 0.2) is 18.3 Å². The zero-order valence-electron chi connectivity index (χ0n) is 14.2. The topological polar surface area (TPSA) is 48.9 Å². The van der Waals surface area contributed by atoms with Crippen molar-refractivity contribution < 1.29 is 9.53 Å². The Labute approximate surface area is 143 Å². The number of rotatable bonds is 2. The molecule has 0 aromatic carbocycles. The molecule has 6 nitrogen and oxygen atoms in total. The van der Waals surface area contributed by atoms with Gasteiger partial charge in [-0.15, -0.1) is 0 Å². The third-order valence-electron chi connectivity index (χ3n) is 5.45. The Morgan fingerprint density at radius 3 is 2.88 bits per heavy atom. The maximum absolute atomic E-state index is 13.1. The van der Waals surface area contributed by atoms with Gasteiger partial charge in [-0.1, -0.05) is 6.42 Å². The summed E-state index contributed by atoms with van der Waals surface area (Å²) in [4.78, 5) is 24.4. The van der Waals surface area contributed by atoms with Crippen LogP contribution >= 0.6 is 0 Å². The number of piperidine rings is 1. The van der Waals surface area contributed by atoms with Crippen LogP contribution in [0.3, 0.4) is 0 Å². The zero-order chi connectivity index (χ0) is 16.4. The van der Waals surface area contributed by atoms with Gasteiger partial charge in [-0.2, -0.15) is 0 Å². The van der Waals surface area contributed by atoms with Gasteiger partial charge < -0.3 is 14.5 Å². The molecular formula is C18H26N4O2. The highest BCUT2D eigenvalue weighted by Crippen LogP contribution is 2.25. The second-order valence-electron chi connectivity index (χ2n) is 6.91. The summed E-state index contributed by atoms with van der Waals surface area (Å²) in [5, 5.41) is 0. The van der Waals surface area contributed by atoms with Gasteiger partial charge in [-0.25, -0.2) is 4.98 Å². The predicted octanol–water partition coefficient (Wildman–Crippen LogP) is 1.23. The monoisotopic (exact) mass is 330 g/mol. The molecule has 24 heavy (non-hydrogen) atoms. The largest absolute Gasteiger partial charge is 0.378 e. The summed E-state index contributed by atoms with van der Waals surface area (Å²) in [5.41, 5.74) is 0.739. The van der Waals surface area contributed by atoms with Crippen LogP contribution in [0, 0.1) is 0 Å². The molecule has 1 aromatic heterocycles. The van der Waals surface area contributed by atoms with Crippen molar-refractivity contribution in [3.05, 3.63) is 23.9 Å². The first-order valence-electron chi connectivity index (χ1n) is 9.14. The van der Waals surface area contributed by atoms with E-state index in [-0.39, 0.29) is 5.91 Å². The Hall–Kier alpha value is -1.66. The molecule has 3 saturated heterocycles. The van der Waals surface area contributed by atoms with Crippen LogP contribution in [-0.2, 0) is 4.74 Å². The van der Waals surface area contributed by atoms with Crippen molar-refractivity contribution >= 4 is 11.7 Å². The Morgan fingerprint density at radius 2 is 2.00 bits per heavy atom. The van der Waals surface area contributed by atoms with Crippen LogP contribution in [0.2, 0.25) is 0 Å². The van der Waals surface area contributed by atoms with Crippen LogP contribution < -0.4 is 4.90 Å². The first kappa shape index (κ1) is 15.8. The van der Waals surface area contributed by atoms with Gasteiger partial charge in [0.05, 0.1) is 18.8 Å². The van der Waals surface area contributed by atoms with E-state index < -0.39 is 0 Å². The Morgan fingerprint density at radius 1 is 1.12 bits per heavy atom. The number of anilines is 1. The number of morpholine rings is 1. The second kappa shape index (κ2) is 7.07. The number of hydrogen-bond acceptors (Lipinski definition) is 5. The molecule has 4 heterocycles. The number of ether oxygens (including phenoxy) is 1. The fourth-order valence-electron chi connectivity index (χ4n) is 4.10. The molecule has 6 heteroatoms. The summed E-state index contributed by atoms with van der Waals surface area (Å²) >= 11 is 0. The van der Waals surface area contributed by atoms with Gasteiger partial charge in [0.2, 0.25) is 0 Å². The van der Waals surface area contributed by atoms with E-state index in [1.807, 2.05) is 17.0 Å². The van der Waals surface area contributed by atoms with Crippen molar-refractivity contribution in [1.82, 2.24) is 14.8 Å². The molecule has 0 radical (unpaired) electrons. The number of fused-ring (bicyclic) bond motifs is 1. The highest BCUT2D eigenvalue weighted by atomic mass is 16.5. The first-order chi connectivity index (χ1) is 11.8. The highest BCUT2D eigenvalue weighted by molar-refractivity contribution is 5.99. The smallest absolute Gasteiger partial charge is 0.257 e. The lowest BCUT2D eigenvalue weighted by molar-refractivity contribution is 0.0372. The summed E-state index contributed by atoms with van der Waals surface area (Å²) < 4.78 is 5.43. The quantitative estimate of drug-likeness (QED) is 0.816. The Bertz CT molecular complexity index is 588. The van der Waals surface area contributed by atoms with E-state index in [1.165, 1.54) is 25.8 Å². The minimum Gasteiger partial charge on any atom is -0.378 e. The predicted molar refractivity (Wildman–Crippen MR) is 92.4 cm³/mol. The van der Waals surface area contributed by atoms with E-state index in [2.05, 4.69) is 14.8 Å². The van der Waals surface area contributed by atoms with E-state index in [4.69, 9.17) is 4.74 Å². The van der Waals surface area contributed by atoms with Gasteiger partial charge in [0.25, 0.3) is 5.91 Å². The van der Waals surface area contributed by atoms with Crippen LogP contribution in [-0.4, -0.2) is 79.2 Å². The van der Waals surface area contributed by atoms with Crippen molar-refractivity contribution in [2.24, 2.45) is 0 Å². The third kappa shape index (κ3) is 3.13. The number of hydrogen-bond donors (Lipinski definition) is 0. The molecule has 1 unspecified atom stereocenters. The lowest BCUT2D eigenvalue weighted by atomic mass is 9.99. The SMILES string of the molecule is O=C(c1cccnc1N1CCOCC1)N1CCN2CCCCC2C1. The first-order valence-corrected chi connectivity index (χ1v) is 9.14. The van der Waals surface area contributed by atoms with Crippen molar-refractivity contribution in [3.8, 4) is 0 Å². The Balaban J connectivity index is 1.52. The molecular weight excluding hydrogens is 304 g/mol. The van der Waals surface area contributed by atoms with Gasteiger partial charge in [-0.3, -0.25) is 9.69 Å². The minimum absolute atomic E-state index is 0.134. The number of aromatic nitrogens is 1.